The van der Waals surface area contributed by atoms with E-state index in [9.17, 15) is 18.8 Å². The first kappa shape index (κ1) is 21.7. The van der Waals surface area contributed by atoms with Gasteiger partial charge in [-0.3, -0.25) is 14.4 Å². The van der Waals surface area contributed by atoms with Gasteiger partial charge in [0.1, 0.15) is 12.4 Å². The van der Waals surface area contributed by atoms with Crippen LogP contribution >= 0.6 is 0 Å². The number of halogens is 1. The number of hydrogen-bond donors (Lipinski definition) is 2. The average molecular weight is 413 g/mol. The van der Waals surface area contributed by atoms with Crippen molar-refractivity contribution in [2.75, 3.05) is 6.54 Å². The highest BCUT2D eigenvalue weighted by molar-refractivity contribution is 5.94. The van der Waals surface area contributed by atoms with E-state index < -0.39 is 5.41 Å². The number of pyridine rings is 1. The minimum absolute atomic E-state index is 0.172. The van der Waals surface area contributed by atoms with Gasteiger partial charge in [0.2, 0.25) is 5.91 Å². The lowest BCUT2D eigenvalue weighted by atomic mass is 9.84. The van der Waals surface area contributed by atoms with Gasteiger partial charge < -0.3 is 15.2 Å². The van der Waals surface area contributed by atoms with Crippen LogP contribution in [-0.4, -0.2) is 29.0 Å². The van der Waals surface area contributed by atoms with Crippen molar-refractivity contribution in [3.05, 3.63) is 69.9 Å². The molecule has 1 aliphatic carbocycles. The van der Waals surface area contributed by atoms with Crippen LogP contribution in [0.1, 0.15) is 55.5 Å². The fourth-order valence-corrected chi connectivity index (χ4v) is 3.67. The van der Waals surface area contributed by atoms with Crippen molar-refractivity contribution in [2.24, 2.45) is 0 Å². The third-order valence-electron chi connectivity index (χ3n) is 5.58. The summed E-state index contributed by atoms with van der Waals surface area (Å²) in [4.78, 5) is 37.0. The molecule has 160 valence electrons. The molecule has 1 heterocycles. The third kappa shape index (κ3) is 5.55. The van der Waals surface area contributed by atoms with Crippen molar-refractivity contribution in [3.63, 3.8) is 0 Å². The molecule has 7 heteroatoms. The Kier molecular flexibility index (Phi) is 6.70. The summed E-state index contributed by atoms with van der Waals surface area (Å²) in [6.45, 7) is 3.90. The molecule has 6 nitrogen and oxygen atoms in total. The molecule has 2 amide bonds. The molecule has 0 unspecified atom stereocenters. The van der Waals surface area contributed by atoms with Crippen molar-refractivity contribution in [3.8, 4) is 0 Å². The van der Waals surface area contributed by atoms with E-state index in [4.69, 9.17) is 0 Å². The van der Waals surface area contributed by atoms with E-state index in [2.05, 4.69) is 10.6 Å². The number of amides is 2. The maximum absolute atomic E-state index is 13.5. The van der Waals surface area contributed by atoms with Crippen LogP contribution in [0.3, 0.4) is 0 Å². The maximum Gasteiger partial charge on any atom is 0.252 e. The van der Waals surface area contributed by atoms with Gasteiger partial charge in [0.05, 0.1) is 5.56 Å². The molecule has 2 N–H and O–H groups in total. The van der Waals surface area contributed by atoms with Gasteiger partial charge in [-0.05, 0) is 36.6 Å². The molecular formula is C23H28FN3O3. The van der Waals surface area contributed by atoms with Crippen molar-refractivity contribution in [1.29, 1.82) is 0 Å². The summed E-state index contributed by atoms with van der Waals surface area (Å²) >= 11 is 0. The Morgan fingerprint density at radius 3 is 2.60 bits per heavy atom. The summed E-state index contributed by atoms with van der Waals surface area (Å²) in [5.41, 5.74) is 0.290. The molecule has 3 rings (SSSR count). The number of hydrogen-bond acceptors (Lipinski definition) is 3. The zero-order valence-corrected chi connectivity index (χ0v) is 17.4. The monoisotopic (exact) mass is 413 g/mol. The molecule has 0 aliphatic heterocycles. The van der Waals surface area contributed by atoms with E-state index in [1.807, 2.05) is 19.9 Å². The Hall–Kier alpha value is -2.96. The van der Waals surface area contributed by atoms with Crippen LogP contribution in [0, 0.1) is 5.82 Å². The minimum Gasteiger partial charge on any atom is -0.354 e. The van der Waals surface area contributed by atoms with Crippen LogP contribution in [0.4, 0.5) is 4.39 Å². The lowest BCUT2D eigenvalue weighted by molar-refractivity contribution is -0.121. The fourth-order valence-electron chi connectivity index (χ4n) is 3.67. The highest BCUT2D eigenvalue weighted by Gasteiger charge is 2.22. The van der Waals surface area contributed by atoms with Crippen LogP contribution in [-0.2, 0) is 16.8 Å². The molecule has 1 aromatic carbocycles. The smallest absolute Gasteiger partial charge is 0.252 e. The highest BCUT2D eigenvalue weighted by Crippen LogP contribution is 2.22. The first-order valence-electron chi connectivity index (χ1n) is 10.3. The number of carbonyl (C=O) groups is 2. The summed E-state index contributed by atoms with van der Waals surface area (Å²) < 4.78 is 14.7. The van der Waals surface area contributed by atoms with Crippen molar-refractivity contribution < 1.29 is 14.0 Å². The van der Waals surface area contributed by atoms with Crippen LogP contribution in [0.5, 0.6) is 0 Å². The Morgan fingerprint density at radius 1 is 1.17 bits per heavy atom. The third-order valence-corrected chi connectivity index (χ3v) is 5.58. The average Bonchev–Trinajstić information content (AvgIpc) is 3.21. The van der Waals surface area contributed by atoms with E-state index >= 15 is 0 Å². The van der Waals surface area contributed by atoms with Gasteiger partial charge >= 0.3 is 0 Å². The zero-order valence-electron chi connectivity index (χ0n) is 17.4. The van der Waals surface area contributed by atoms with E-state index in [0.717, 1.165) is 31.2 Å². The first-order valence-corrected chi connectivity index (χ1v) is 10.3. The number of nitrogens with zero attached hydrogens (tertiary/aromatic N) is 1. The van der Waals surface area contributed by atoms with Gasteiger partial charge in [0, 0.05) is 30.3 Å². The molecule has 2 aromatic rings. The van der Waals surface area contributed by atoms with Gasteiger partial charge in [-0.2, -0.15) is 0 Å². The standard InChI is InChI=1S/C23H28FN3O3/c1-23(2,17-6-5-7-18(24)12-17)15-25-20(28)14-27-13-16(10-11-21(27)29)22(30)26-19-8-3-4-9-19/h5-7,10-13,19H,3-4,8-9,14-15H2,1-2H3,(H,25,28)(H,26,30). The topological polar surface area (TPSA) is 80.2 Å². The van der Waals surface area contributed by atoms with Gasteiger partial charge in [-0.1, -0.05) is 38.8 Å². The number of benzene rings is 1. The van der Waals surface area contributed by atoms with Crippen LogP contribution in [0.25, 0.3) is 0 Å². The van der Waals surface area contributed by atoms with Crippen molar-refractivity contribution in [1.82, 2.24) is 15.2 Å². The normalized spacial score (nSPS) is 14.5. The van der Waals surface area contributed by atoms with E-state index in [1.165, 1.54) is 35.0 Å². The largest absolute Gasteiger partial charge is 0.354 e. The molecule has 0 radical (unpaired) electrons. The quantitative estimate of drug-likeness (QED) is 0.733. The van der Waals surface area contributed by atoms with Gasteiger partial charge in [0.15, 0.2) is 0 Å². The van der Waals surface area contributed by atoms with E-state index in [1.54, 1.807) is 6.07 Å². The molecule has 1 fully saturated rings. The van der Waals surface area contributed by atoms with Crippen molar-refractivity contribution in [2.45, 2.75) is 57.5 Å². The summed E-state index contributed by atoms with van der Waals surface area (Å²) in [6, 6.07) is 9.22. The lowest BCUT2D eigenvalue weighted by Crippen LogP contribution is -2.40. The number of nitrogens with one attached hydrogen (secondary N) is 2. The maximum atomic E-state index is 13.5. The number of aromatic nitrogens is 1. The van der Waals surface area contributed by atoms with Crippen LogP contribution < -0.4 is 16.2 Å². The summed E-state index contributed by atoms with van der Waals surface area (Å²) in [7, 11) is 0. The molecule has 0 bridgehead atoms. The molecule has 0 saturated heterocycles. The van der Waals surface area contributed by atoms with Crippen LogP contribution in [0.15, 0.2) is 47.4 Å². The van der Waals surface area contributed by atoms with Gasteiger partial charge in [0.25, 0.3) is 11.5 Å². The second kappa shape index (κ2) is 9.24. The van der Waals surface area contributed by atoms with Crippen molar-refractivity contribution >= 4 is 11.8 Å². The van der Waals surface area contributed by atoms with E-state index in [-0.39, 0.29) is 42.3 Å². The lowest BCUT2D eigenvalue weighted by Gasteiger charge is -2.25. The summed E-state index contributed by atoms with van der Waals surface area (Å²) in [5, 5.41) is 5.78. The Bertz CT molecular complexity index is 978. The molecule has 1 aliphatic rings. The zero-order chi connectivity index (χ0) is 21.7. The molecule has 0 spiro atoms. The second-order valence-electron chi connectivity index (χ2n) is 8.51. The Balaban J connectivity index is 1.61. The van der Waals surface area contributed by atoms with E-state index in [0.29, 0.717) is 5.56 Å². The SMILES string of the molecule is CC(C)(CNC(=O)Cn1cc(C(=O)NC2CCCC2)ccc1=O)c1cccc(F)c1. The molecule has 1 aromatic heterocycles. The summed E-state index contributed by atoms with van der Waals surface area (Å²) in [5.74, 6) is -0.913. The minimum atomic E-state index is -0.480. The molecular weight excluding hydrogens is 385 g/mol. The number of carbonyl (C=O) groups excluding carboxylic acids is 2. The van der Waals surface area contributed by atoms with Gasteiger partial charge in [-0.15, -0.1) is 0 Å². The van der Waals surface area contributed by atoms with Crippen LogP contribution in [0.2, 0.25) is 0 Å². The summed E-state index contributed by atoms with van der Waals surface area (Å²) in [6.07, 6.45) is 5.57. The predicted octanol–water partition coefficient (Wildman–Crippen LogP) is 2.75. The molecule has 30 heavy (non-hydrogen) atoms. The molecule has 0 atom stereocenters. The Labute approximate surface area is 175 Å². The highest BCUT2D eigenvalue weighted by atomic mass is 19.1. The number of rotatable bonds is 7. The second-order valence-corrected chi connectivity index (χ2v) is 8.51. The van der Waals surface area contributed by atoms with Gasteiger partial charge in [-0.25, -0.2) is 4.39 Å². The first-order chi connectivity index (χ1) is 14.2. The Morgan fingerprint density at radius 2 is 1.90 bits per heavy atom. The fraction of sp³-hybridized carbons (Fsp3) is 0.435. The predicted molar refractivity (Wildman–Crippen MR) is 113 cm³/mol. The molecule has 1 saturated carbocycles.